The van der Waals surface area contributed by atoms with Gasteiger partial charge in [-0.3, -0.25) is 0 Å². The molecule has 0 radical (unpaired) electrons. The van der Waals surface area contributed by atoms with Crippen LogP contribution in [0, 0.1) is 11.6 Å². The van der Waals surface area contributed by atoms with E-state index in [0.29, 0.717) is 11.1 Å². The Labute approximate surface area is 176 Å². The number of esters is 1. The molecule has 2 aromatic carbocycles. The molecule has 0 N–H and O–H groups in total. The summed E-state index contributed by atoms with van der Waals surface area (Å²) in [7, 11) is 3.89. The van der Waals surface area contributed by atoms with Crippen LogP contribution in [0.1, 0.15) is 16.7 Å². The second-order valence-corrected chi connectivity index (χ2v) is 6.19. The first-order valence-electron chi connectivity index (χ1n) is 8.52. The summed E-state index contributed by atoms with van der Waals surface area (Å²) in [6.07, 6.45) is 0. The number of oxime groups is 2. The molecule has 0 amide bonds. The molecule has 0 fully saturated rings. The molecule has 2 aromatic rings. The average Bonchev–Trinajstić information content (AvgIpc) is 2.71. The first-order valence-corrected chi connectivity index (χ1v) is 8.90. The second-order valence-electron chi connectivity index (χ2n) is 5.78. The van der Waals surface area contributed by atoms with Crippen molar-refractivity contribution in [1.29, 1.82) is 0 Å². The van der Waals surface area contributed by atoms with E-state index in [2.05, 4.69) is 10.3 Å². The summed E-state index contributed by atoms with van der Waals surface area (Å²) in [6.45, 7) is -0.240. The molecule has 0 aliphatic heterocycles. The Morgan fingerprint density at radius 3 is 2.37 bits per heavy atom. The molecular formula is C20H19ClF2N2O5. The Balaban J connectivity index is 2.35. The molecule has 30 heavy (non-hydrogen) atoms. The molecule has 160 valence electrons. The number of rotatable bonds is 9. The van der Waals surface area contributed by atoms with Gasteiger partial charge in [0.05, 0.1) is 13.7 Å². The third-order valence-electron chi connectivity index (χ3n) is 3.80. The van der Waals surface area contributed by atoms with Crippen LogP contribution in [-0.2, 0) is 30.6 Å². The summed E-state index contributed by atoms with van der Waals surface area (Å²) in [5, 5.41) is 7.90. The lowest BCUT2D eigenvalue weighted by Gasteiger charge is -2.12. The number of hydrogen-bond donors (Lipinski definition) is 0. The number of carbonyl (C=O) groups excluding carboxylic acids is 1. The highest BCUT2D eigenvalue weighted by Gasteiger charge is 2.21. The lowest BCUT2D eigenvalue weighted by atomic mass is 10.0. The minimum Gasteiger partial charge on any atom is -0.464 e. The predicted molar refractivity (Wildman–Crippen MR) is 107 cm³/mol. The lowest BCUT2D eigenvalue weighted by Crippen LogP contribution is -2.19. The number of ether oxygens (including phenoxy) is 2. The summed E-state index contributed by atoms with van der Waals surface area (Å²) < 4.78 is 36.8. The third kappa shape index (κ3) is 5.98. The van der Waals surface area contributed by atoms with Gasteiger partial charge in [-0.05, 0) is 18.2 Å². The number of methoxy groups -OCH3 is 2. The van der Waals surface area contributed by atoms with Crippen molar-refractivity contribution in [1.82, 2.24) is 0 Å². The van der Waals surface area contributed by atoms with Gasteiger partial charge in [0, 0.05) is 34.9 Å². The standard InChI is InChI=1S/C20H19ClF2N2O5/c1-27-11-18(12-7-13(22)9-14(23)8-12)24-30-10-16-15(5-4-6-17(16)21)19(25-29-3)20(26)28-2/h4-9H,10-11H2,1-3H3/b24-18+,25-19+. The van der Waals surface area contributed by atoms with Crippen LogP contribution < -0.4 is 0 Å². The lowest BCUT2D eigenvalue weighted by molar-refractivity contribution is -0.132. The molecule has 0 saturated heterocycles. The number of halogens is 3. The van der Waals surface area contributed by atoms with Crippen LogP contribution in [-0.4, -0.2) is 45.3 Å². The van der Waals surface area contributed by atoms with Gasteiger partial charge in [0.15, 0.2) is 5.71 Å². The SMILES string of the molecule is COC/C(=N\OCc1c(Cl)cccc1/C(=N\OC)C(=O)OC)c1cc(F)cc(F)c1. The first-order chi connectivity index (χ1) is 14.4. The first kappa shape index (κ1) is 23.2. The van der Waals surface area contributed by atoms with E-state index in [1.165, 1.54) is 21.3 Å². The highest BCUT2D eigenvalue weighted by atomic mass is 35.5. The van der Waals surface area contributed by atoms with Crippen LogP contribution >= 0.6 is 11.6 Å². The van der Waals surface area contributed by atoms with Crippen molar-refractivity contribution in [2.45, 2.75) is 6.61 Å². The van der Waals surface area contributed by atoms with Crippen LogP contribution in [0.5, 0.6) is 0 Å². The zero-order valence-corrected chi connectivity index (χ0v) is 17.2. The number of nitrogens with zero attached hydrogens (tertiary/aromatic N) is 2. The Morgan fingerprint density at radius 1 is 1.07 bits per heavy atom. The van der Waals surface area contributed by atoms with Gasteiger partial charge in [0.1, 0.15) is 31.1 Å². The zero-order valence-electron chi connectivity index (χ0n) is 16.4. The maximum atomic E-state index is 13.5. The Morgan fingerprint density at radius 2 is 1.77 bits per heavy atom. The van der Waals surface area contributed by atoms with E-state index in [1.807, 2.05) is 0 Å². The fourth-order valence-electron chi connectivity index (χ4n) is 2.51. The molecule has 0 aromatic heterocycles. The summed E-state index contributed by atoms with van der Waals surface area (Å²) in [5.41, 5.74) is 0.894. The van der Waals surface area contributed by atoms with Crippen LogP contribution in [0.15, 0.2) is 46.7 Å². The molecule has 0 unspecified atom stereocenters. The van der Waals surface area contributed by atoms with E-state index < -0.39 is 17.6 Å². The van der Waals surface area contributed by atoms with Crippen molar-refractivity contribution < 1.29 is 32.7 Å². The fourth-order valence-corrected chi connectivity index (χ4v) is 2.73. The highest BCUT2D eigenvalue weighted by molar-refractivity contribution is 6.44. The van der Waals surface area contributed by atoms with Gasteiger partial charge in [-0.1, -0.05) is 34.0 Å². The number of hydrogen-bond acceptors (Lipinski definition) is 7. The van der Waals surface area contributed by atoms with Crippen molar-refractivity contribution in [2.24, 2.45) is 10.3 Å². The summed E-state index contributed by atoms with van der Waals surface area (Å²) in [5.74, 6) is -2.26. The molecule has 10 heteroatoms. The Bertz CT molecular complexity index is 946. The van der Waals surface area contributed by atoms with Crippen molar-refractivity contribution >= 4 is 29.0 Å². The highest BCUT2D eigenvalue weighted by Crippen LogP contribution is 2.23. The topological polar surface area (TPSA) is 78.7 Å². The zero-order chi connectivity index (χ0) is 22.1. The second kappa shape index (κ2) is 11.2. The van der Waals surface area contributed by atoms with E-state index in [4.69, 9.17) is 30.7 Å². The van der Waals surface area contributed by atoms with Gasteiger partial charge in [-0.2, -0.15) is 0 Å². The smallest absolute Gasteiger partial charge is 0.360 e. The fraction of sp³-hybridized carbons (Fsp3) is 0.250. The molecule has 0 atom stereocenters. The van der Waals surface area contributed by atoms with E-state index >= 15 is 0 Å². The molecule has 0 heterocycles. The molecule has 0 saturated carbocycles. The van der Waals surface area contributed by atoms with Gasteiger partial charge in [0.25, 0.3) is 0 Å². The monoisotopic (exact) mass is 440 g/mol. The quantitative estimate of drug-likeness (QED) is 0.337. The normalized spacial score (nSPS) is 11.9. The van der Waals surface area contributed by atoms with Crippen molar-refractivity contribution in [3.8, 4) is 0 Å². The Hall–Kier alpha value is -3.04. The van der Waals surface area contributed by atoms with Crippen molar-refractivity contribution in [3.63, 3.8) is 0 Å². The van der Waals surface area contributed by atoms with E-state index in [1.54, 1.807) is 18.2 Å². The molecule has 7 nitrogen and oxygen atoms in total. The van der Waals surface area contributed by atoms with Gasteiger partial charge in [-0.25, -0.2) is 13.6 Å². The average molecular weight is 441 g/mol. The minimum atomic E-state index is -0.763. The molecule has 0 aliphatic carbocycles. The molecule has 0 bridgehead atoms. The molecular weight excluding hydrogens is 422 g/mol. The van der Waals surface area contributed by atoms with E-state index in [-0.39, 0.29) is 35.2 Å². The van der Waals surface area contributed by atoms with Crippen LogP contribution in [0.3, 0.4) is 0 Å². The van der Waals surface area contributed by atoms with Crippen molar-refractivity contribution in [3.05, 3.63) is 69.7 Å². The van der Waals surface area contributed by atoms with Gasteiger partial charge in [-0.15, -0.1) is 0 Å². The van der Waals surface area contributed by atoms with Crippen LogP contribution in [0.4, 0.5) is 8.78 Å². The number of benzene rings is 2. The predicted octanol–water partition coefficient (Wildman–Crippen LogP) is 3.71. The summed E-state index contributed by atoms with van der Waals surface area (Å²) >= 11 is 6.26. The maximum absolute atomic E-state index is 13.5. The summed E-state index contributed by atoms with van der Waals surface area (Å²) in [4.78, 5) is 22.1. The minimum absolute atomic E-state index is 0.0587. The van der Waals surface area contributed by atoms with E-state index in [0.717, 1.165) is 18.2 Å². The van der Waals surface area contributed by atoms with Crippen LogP contribution in [0.25, 0.3) is 0 Å². The molecule has 2 rings (SSSR count). The molecule has 0 aliphatic rings. The largest absolute Gasteiger partial charge is 0.464 e. The van der Waals surface area contributed by atoms with Crippen LogP contribution in [0.2, 0.25) is 5.02 Å². The maximum Gasteiger partial charge on any atom is 0.360 e. The summed E-state index contributed by atoms with van der Waals surface area (Å²) in [6, 6.07) is 7.74. The van der Waals surface area contributed by atoms with Gasteiger partial charge >= 0.3 is 5.97 Å². The van der Waals surface area contributed by atoms with Gasteiger partial charge < -0.3 is 19.1 Å². The van der Waals surface area contributed by atoms with Gasteiger partial charge in [0.2, 0.25) is 0 Å². The van der Waals surface area contributed by atoms with Crippen molar-refractivity contribution in [2.75, 3.05) is 27.9 Å². The number of carbonyl (C=O) groups is 1. The Kier molecular flexibility index (Phi) is 8.70. The molecule has 0 spiro atoms. The van der Waals surface area contributed by atoms with E-state index in [9.17, 15) is 13.6 Å². The third-order valence-corrected chi connectivity index (χ3v) is 4.15.